The van der Waals surface area contributed by atoms with Crippen molar-refractivity contribution in [1.29, 1.82) is 0 Å². The van der Waals surface area contributed by atoms with E-state index in [1.165, 1.54) is 12.1 Å². The molecule has 0 amide bonds. The quantitative estimate of drug-likeness (QED) is 0.905. The third kappa shape index (κ3) is 3.58. The first-order valence-corrected chi connectivity index (χ1v) is 7.29. The summed E-state index contributed by atoms with van der Waals surface area (Å²) in [6.07, 6.45) is 0. The number of pyridine rings is 1. The topological polar surface area (TPSA) is 42.1 Å². The van der Waals surface area contributed by atoms with Gasteiger partial charge in [0.25, 0.3) is 0 Å². The average Bonchev–Trinajstić information content (AvgIpc) is 2.49. The van der Waals surface area contributed by atoms with Crippen molar-refractivity contribution in [2.75, 3.05) is 11.4 Å². The van der Waals surface area contributed by atoms with E-state index in [-0.39, 0.29) is 5.82 Å². The summed E-state index contributed by atoms with van der Waals surface area (Å²) >= 11 is 0. The van der Waals surface area contributed by atoms with E-state index in [1.54, 1.807) is 12.1 Å². The van der Waals surface area contributed by atoms with Gasteiger partial charge in [0.1, 0.15) is 11.6 Å². The van der Waals surface area contributed by atoms with E-state index in [1.807, 2.05) is 12.1 Å². The lowest BCUT2D eigenvalue weighted by molar-refractivity contribution is 0.627. The number of hydrogen-bond donors (Lipinski definition) is 1. The zero-order valence-electron chi connectivity index (χ0n) is 12.8. The molecule has 0 saturated heterocycles. The Morgan fingerprint density at radius 3 is 2.38 bits per heavy atom. The molecule has 1 aromatic carbocycles. The molecule has 1 aromatic heterocycles. The first-order valence-electron chi connectivity index (χ1n) is 7.29. The maximum atomic E-state index is 13.1. The molecule has 112 valence electrons. The van der Waals surface area contributed by atoms with Crippen molar-refractivity contribution >= 4 is 11.5 Å². The van der Waals surface area contributed by atoms with E-state index < -0.39 is 0 Å². The summed E-state index contributed by atoms with van der Waals surface area (Å²) in [5, 5.41) is 0. The maximum Gasteiger partial charge on any atom is 0.133 e. The molecular weight excluding hydrogens is 265 g/mol. The highest BCUT2D eigenvalue weighted by Gasteiger charge is 2.12. The fraction of sp³-hybridized carbons (Fsp3) is 0.353. The molecule has 0 aliphatic carbocycles. The fourth-order valence-corrected chi connectivity index (χ4v) is 2.24. The van der Waals surface area contributed by atoms with Crippen molar-refractivity contribution < 1.29 is 4.39 Å². The van der Waals surface area contributed by atoms with Gasteiger partial charge in [0.2, 0.25) is 0 Å². The lowest BCUT2D eigenvalue weighted by Gasteiger charge is -2.24. The van der Waals surface area contributed by atoms with Crippen molar-refractivity contribution in [3.05, 3.63) is 53.5 Å². The van der Waals surface area contributed by atoms with Crippen LogP contribution in [0.4, 0.5) is 15.9 Å². The molecule has 0 aliphatic rings. The highest BCUT2D eigenvalue weighted by Crippen LogP contribution is 2.26. The van der Waals surface area contributed by atoms with Gasteiger partial charge in [0.05, 0.1) is 0 Å². The van der Waals surface area contributed by atoms with Gasteiger partial charge in [-0.05, 0) is 54.8 Å². The van der Waals surface area contributed by atoms with Crippen LogP contribution in [0.15, 0.2) is 36.4 Å². The number of nitrogens with zero attached hydrogens (tertiary/aromatic N) is 2. The average molecular weight is 287 g/mol. The summed E-state index contributed by atoms with van der Waals surface area (Å²) < 4.78 is 13.1. The number of aromatic nitrogens is 1. The second-order valence-electron chi connectivity index (χ2n) is 5.34. The van der Waals surface area contributed by atoms with Gasteiger partial charge in [-0.2, -0.15) is 0 Å². The minimum atomic E-state index is -0.235. The van der Waals surface area contributed by atoms with Crippen molar-refractivity contribution in [2.24, 2.45) is 5.73 Å². The molecular formula is C17H22FN3. The van der Waals surface area contributed by atoms with Crippen LogP contribution in [0.25, 0.3) is 0 Å². The zero-order chi connectivity index (χ0) is 15.4. The second-order valence-corrected chi connectivity index (χ2v) is 5.34. The number of nitrogens with two attached hydrogens (primary N) is 1. The van der Waals surface area contributed by atoms with Crippen molar-refractivity contribution in [3.63, 3.8) is 0 Å². The van der Waals surface area contributed by atoms with E-state index >= 15 is 0 Å². The summed E-state index contributed by atoms with van der Waals surface area (Å²) in [6, 6.07) is 10.5. The number of halogens is 1. The Bertz CT molecular complexity index is 593. The smallest absolute Gasteiger partial charge is 0.133 e. The molecule has 0 radical (unpaired) electrons. The molecule has 2 aromatic rings. The molecule has 0 saturated carbocycles. The summed E-state index contributed by atoms with van der Waals surface area (Å²) in [5.74, 6) is 0.958. The maximum absolute atomic E-state index is 13.1. The Morgan fingerprint density at radius 2 is 1.86 bits per heavy atom. The molecule has 0 aliphatic heterocycles. The SMILES string of the molecule is CCN(c1ccc(F)cc1)c1cc(CN)cc(C(C)C)n1. The Morgan fingerprint density at radius 1 is 1.19 bits per heavy atom. The van der Waals surface area contributed by atoms with E-state index in [2.05, 4.69) is 25.7 Å². The van der Waals surface area contributed by atoms with Crippen LogP contribution in [0.3, 0.4) is 0 Å². The van der Waals surface area contributed by atoms with Crippen LogP contribution in [0, 0.1) is 5.82 Å². The van der Waals surface area contributed by atoms with Gasteiger partial charge >= 0.3 is 0 Å². The number of hydrogen-bond acceptors (Lipinski definition) is 3. The number of anilines is 2. The van der Waals surface area contributed by atoms with Crippen molar-refractivity contribution in [2.45, 2.75) is 33.2 Å². The molecule has 3 nitrogen and oxygen atoms in total. The Labute approximate surface area is 125 Å². The molecule has 21 heavy (non-hydrogen) atoms. The molecule has 2 N–H and O–H groups in total. The number of benzene rings is 1. The molecule has 0 spiro atoms. The molecule has 0 fully saturated rings. The lowest BCUT2D eigenvalue weighted by Crippen LogP contribution is -2.18. The summed E-state index contributed by atoms with van der Waals surface area (Å²) in [4.78, 5) is 6.79. The molecule has 4 heteroatoms. The van der Waals surface area contributed by atoms with Crippen LogP contribution in [0.5, 0.6) is 0 Å². The van der Waals surface area contributed by atoms with Crippen molar-refractivity contribution in [3.8, 4) is 0 Å². The molecule has 0 unspecified atom stereocenters. The Kier molecular flexibility index (Phi) is 4.91. The zero-order valence-corrected chi connectivity index (χ0v) is 12.8. The highest BCUT2D eigenvalue weighted by molar-refractivity contribution is 5.60. The van der Waals surface area contributed by atoms with E-state index in [0.29, 0.717) is 12.5 Å². The van der Waals surface area contributed by atoms with Crippen LogP contribution in [0.1, 0.15) is 37.9 Å². The monoisotopic (exact) mass is 287 g/mol. The van der Waals surface area contributed by atoms with Crippen LogP contribution in [-0.4, -0.2) is 11.5 Å². The first-order chi connectivity index (χ1) is 10.0. The third-order valence-electron chi connectivity index (χ3n) is 3.45. The van der Waals surface area contributed by atoms with Crippen LogP contribution in [0.2, 0.25) is 0 Å². The third-order valence-corrected chi connectivity index (χ3v) is 3.45. The summed E-state index contributed by atoms with van der Waals surface area (Å²) in [6.45, 7) is 7.51. The van der Waals surface area contributed by atoms with Crippen LogP contribution >= 0.6 is 0 Å². The molecule has 2 rings (SSSR count). The summed E-state index contributed by atoms with van der Waals surface area (Å²) in [7, 11) is 0. The van der Waals surface area contributed by atoms with Gasteiger partial charge < -0.3 is 10.6 Å². The van der Waals surface area contributed by atoms with E-state index in [0.717, 1.165) is 29.3 Å². The summed E-state index contributed by atoms with van der Waals surface area (Å²) in [5.41, 5.74) is 8.80. The van der Waals surface area contributed by atoms with E-state index in [4.69, 9.17) is 10.7 Å². The molecule has 0 atom stereocenters. The predicted octanol–water partition coefficient (Wildman–Crippen LogP) is 3.96. The van der Waals surface area contributed by atoms with Gasteiger partial charge in [-0.25, -0.2) is 9.37 Å². The minimum absolute atomic E-state index is 0.235. The molecule has 1 heterocycles. The van der Waals surface area contributed by atoms with Crippen LogP contribution < -0.4 is 10.6 Å². The largest absolute Gasteiger partial charge is 0.327 e. The van der Waals surface area contributed by atoms with Gasteiger partial charge in [-0.1, -0.05) is 13.8 Å². The standard InChI is InChI=1S/C17H22FN3/c1-4-21(15-7-5-14(18)6-8-15)17-10-13(11-19)9-16(20-17)12(2)3/h5-10,12H,4,11,19H2,1-3H3. The Balaban J connectivity index is 2.46. The first kappa shape index (κ1) is 15.4. The highest BCUT2D eigenvalue weighted by atomic mass is 19.1. The van der Waals surface area contributed by atoms with Crippen LogP contribution in [-0.2, 0) is 6.54 Å². The normalized spacial score (nSPS) is 11.0. The van der Waals surface area contributed by atoms with Gasteiger partial charge in [-0.3, -0.25) is 0 Å². The number of rotatable bonds is 5. The van der Waals surface area contributed by atoms with Gasteiger partial charge in [-0.15, -0.1) is 0 Å². The molecule has 0 bridgehead atoms. The Hall–Kier alpha value is -1.94. The van der Waals surface area contributed by atoms with Gasteiger partial charge in [0, 0.05) is 24.5 Å². The lowest BCUT2D eigenvalue weighted by atomic mass is 10.1. The second kappa shape index (κ2) is 6.68. The van der Waals surface area contributed by atoms with E-state index in [9.17, 15) is 4.39 Å². The van der Waals surface area contributed by atoms with Crippen molar-refractivity contribution in [1.82, 2.24) is 4.98 Å². The predicted molar refractivity (Wildman–Crippen MR) is 85.3 cm³/mol. The fourth-order valence-electron chi connectivity index (χ4n) is 2.24. The van der Waals surface area contributed by atoms with Gasteiger partial charge in [0.15, 0.2) is 0 Å². The minimum Gasteiger partial charge on any atom is -0.327 e.